The Bertz CT molecular complexity index is 905. The first kappa shape index (κ1) is 24.7. The van der Waals surface area contributed by atoms with Crippen LogP contribution in [0, 0.1) is 16.7 Å². The summed E-state index contributed by atoms with van der Waals surface area (Å²) < 4.78 is 38.0. The van der Waals surface area contributed by atoms with Crippen molar-refractivity contribution in [1.29, 1.82) is 5.26 Å². The maximum Gasteiger partial charge on any atom is 0.207 e. The van der Waals surface area contributed by atoms with Crippen molar-refractivity contribution >= 4 is 0 Å². The lowest BCUT2D eigenvalue weighted by atomic mass is 9.70. The van der Waals surface area contributed by atoms with Crippen molar-refractivity contribution in [2.75, 3.05) is 20.8 Å². The topological polar surface area (TPSA) is 50.5 Å². The van der Waals surface area contributed by atoms with Gasteiger partial charge in [-0.1, -0.05) is 31.6 Å². The van der Waals surface area contributed by atoms with E-state index in [0.29, 0.717) is 42.5 Å². The Kier molecular flexibility index (Phi) is 7.77. The smallest absolute Gasteiger partial charge is 0.207 e. The summed E-state index contributed by atoms with van der Waals surface area (Å²) >= 11 is 0. The molecule has 1 aliphatic heterocycles. The van der Waals surface area contributed by atoms with Crippen LogP contribution in [0.5, 0.6) is 0 Å². The maximum atomic E-state index is 15.6. The second kappa shape index (κ2) is 9.73. The molecule has 170 valence electrons. The number of nitriles is 1. The molecule has 3 aliphatic rings. The third-order valence-electron chi connectivity index (χ3n) is 6.49. The fraction of sp³-hybridized carbons (Fsp3) is 0.522. The second-order valence-electron chi connectivity index (χ2n) is 8.49. The summed E-state index contributed by atoms with van der Waals surface area (Å²) in [6.07, 6.45) is 4.89. The van der Waals surface area contributed by atoms with Gasteiger partial charge in [0.1, 0.15) is 12.5 Å². The van der Waals surface area contributed by atoms with E-state index in [1.165, 1.54) is 12.5 Å². The van der Waals surface area contributed by atoms with E-state index in [9.17, 15) is 19.1 Å². The monoisotopic (exact) mass is 439 g/mol. The number of hydrogen-bond donors (Lipinski definition) is 1. The van der Waals surface area contributed by atoms with Crippen molar-refractivity contribution in [1.82, 2.24) is 9.80 Å². The lowest BCUT2D eigenvalue weighted by Crippen LogP contribution is -2.44. The minimum absolute atomic E-state index is 0. The van der Waals surface area contributed by atoms with Crippen molar-refractivity contribution in [2.24, 2.45) is 5.41 Å². The highest BCUT2D eigenvalue weighted by Gasteiger charge is 2.45. The van der Waals surface area contributed by atoms with Crippen LogP contribution in [0.3, 0.4) is 0 Å². The molecule has 1 aromatic rings. The summed E-state index contributed by atoms with van der Waals surface area (Å²) in [4.78, 5) is 3.46. The molecule has 4 nitrogen and oxygen atoms in total. The molecule has 0 spiro atoms. The van der Waals surface area contributed by atoms with E-state index in [4.69, 9.17) is 0 Å². The minimum atomic E-state index is -0.896. The second-order valence-corrected chi connectivity index (χ2v) is 8.49. The highest BCUT2D eigenvalue weighted by molar-refractivity contribution is 5.50. The van der Waals surface area contributed by atoms with Gasteiger partial charge in [0, 0.05) is 19.5 Å². The van der Waals surface area contributed by atoms with E-state index in [-0.39, 0.29) is 15.9 Å². The van der Waals surface area contributed by atoms with E-state index < -0.39 is 18.9 Å². The van der Waals surface area contributed by atoms with Crippen LogP contribution >= 0.6 is 0 Å². The number of likely N-dealkylation sites (N-methyl/N-ethyl adjacent to an activating group) is 1. The standard InChI is InChI=1S/C22H25F2N3O.CH3F.FH/c1-22(8-3-9-22)13-27-18-7-6-17(19(24)20(18)26(2)21(27)28)16-5-4-14(11-23)10-15(16)12-25;1-2;/h4-5,7,10,17,21,28H,3,6,8-9,11,13H2,1-2H3;1H3;1H. The minimum Gasteiger partial charge on any atom is -0.356 e. The first-order valence-electron chi connectivity index (χ1n) is 10.1. The number of halogens is 4. The Morgan fingerprint density at radius 2 is 1.97 bits per heavy atom. The van der Waals surface area contributed by atoms with Gasteiger partial charge in [-0.2, -0.15) is 5.26 Å². The van der Waals surface area contributed by atoms with E-state index in [1.54, 1.807) is 24.1 Å². The van der Waals surface area contributed by atoms with Gasteiger partial charge < -0.3 is 14.9 Å². The van der Waals surface area contributed by atoms with Crippen molar-refractivity contribution in [3.8, 4) is 6.07 Å². The molecule has 1 saturated carbocycles. The Balaban J connectivity index is 0.00000111. The molecule has 1 N–H and O–H groups in total. The first-order valence-corrected chi connectivity index (χ1v) is 10.1. The van der Waals surface area contributed by atoms with Gasteiger partial charge in [0.25, 0.3) is 0 Å². The lowest BCUT2D eigenvalue weighted by Gasteiger charge is -2.43. The molecule has 2 aliphatic carbocycles. The first-order chi connectivity index (χ1) is 14.4. The lowest BCUT2D eigenvalue weighted by molar-refractivity contribution is -0.0589. The Hall–Kier alpha value is -2.53. The SMILES string of the molecule is CF.CN1C2=C(F)C(c3ccc(CF)cc3C#N)CC=C2N(CC2(C)CCC2)C1O.F. The van der Waals surface area contributed by atoms with Crippen LogP contribution in [-0.4, -0.2) is 42.0 Å². The summed E-state index contributed by atoms with van der Waals surface area (Å²) in [7, 11) is 2.19. The Labute approximate surface area is 180 Å². The number of aliphatic hydroxyl groups is 1. The number of hydrogen-bond acceptors (Lipinski definition) is 4. The van der Waals surface area contributed by atoms with E-state index in [1.807, 2.05) is 11.0 Å². The van der Waals surface area contributed by atoms with Crippen LogP contribution < -0.4 is 0 Å². The molecule has 1 saturated heterocycles. The van der Waals surface area contributed by atoms with E-state index >= 15 is 4.39 Å². The number of benzene rings is 1. The predicted octanol–water partition coefficient (Wildman–Crippen LogP) is 5.03. The summed E-state index contributed by atoms with van der Waals surface area (Å²) in [5.74, 6) is -0.944. The highest BCUT2D eigenvalue weighted by Crippen LogP contribution is 2.48. The van der Waals surface area contributed by atoms with Crippen LogP contribution in [0.15, 0.2) is 41.5 Å². The average molecular weight is 439 g/mol. The number of rotatable bonds is 4. The number of allylic oxidation sites excluding steroid dienone is 2. The van der Waals surface area contributed by atoms with Crippen molar-refractivity contribution in [2.45, 2.75) is 51.6 Å². The molecule has 0 amide bonds. The Morgan fingerprint density at radius 3 is 2.52 bits per heavy atom. The van der Waals surface area contributed by atoms with Crippen molar-refractivity contribution < 1.29 is 23.0 Å². The van der Waals surface area contributed by atoms with Crippen molar-refractivity contribution in [3.63, 3.8) is 0 Å². The van der Waals surface area contributed by atoms with Crippen LogP contribution in [0.4, 0.5) is 17.9 Å². The summed E-state index contributed by atoms with van der Waals surface area (Å²) in [5, 5.41) is 20.2. The quantitative estimate of drug-likeness (QED) is 0.669. The molecule has 4 rings (SSSR count). The number of aliphatic hydroxyl groups excluding tert-OH is 1. The zero-order valence-electron chi connectivity index (χ0n) is 18.0. The maximum absolute atomic E-state index is 15.6. The summed E-state index contributed by atoms with van der Waals surface area (Å²) in [6, 6.07) is 6.81. The zero-order valence-corrected chi connectivity index (χ0v) is 18.0. The molecule has 2 unspecified atom stereocenters. The highest BCUT2D eigenvalue weighted by atomic mass is 19.1. The summed E-state index contributed by atoms with van der Waals surface area (Å²) in [5.41, 5.74) is 2.55. The molecule has 0 aromatic heterocycles. The molecule has 0 radical (unpaired) electrons. The average Bonchev–Trinajstić information content (AvgIpc) is 2.99. The third-order valence-corrected chi connectivity index (χ3v) is 6.49. The van der Waals surface area contributed by atoms with Crippen LogP contribution in [0.1, 0.15) is 55.2 Å². The van der Waals surface area contributed by atoms with Gasteiger partial charge in [-0.3, -0.25) is 9.09 Å². The van der Waals surface area contributed by atoms with Gasteiger partial charge in [0.2, 0.25) is 6.35 Å². The van der Waals surface area contributed by atoms with Gasteiger partial charge in [0.05, 0.1) is 30.2 Å². The number of fused-ring (bicyclic) bond motifs is 1. The Morgan fingerprint density at radius 1 is 1.29 bits per heavy atom. The fourth-order valence-electron chi connectivity index (χ4n) is 4.64. The molecule has 2 atom stereocenters. The molecule has 0 bridgehead atoms. The van der Waals surface area contributed by atoms with Crippen LogP contribution in [0.2, 0.25) is 0 Å². The van der Waals surface area contributed by atoms with E-state index in [2.05, 4.69) is 13.0 Å². The fourth-order valence-corrected chi connectivity index (χ4v) is 4.64. The molecule has 1 heterocycles. The summed E-state index contributed by atoms with van der Waals surface area (Å²) in [6.45, 7) is 2.25. The molecular formula is C23H29F4N3O. The molecule has 2 fully saturated rings. The molecule has 8 heteroatoms. The number of alkyl halides is 2. The van der Waals surface area contributed by atoms with Gasteiger partial charge >= 0.3 is 0 Å². The van der Waals surface area contributed by atoms with Crippen molar-refractivity contribution in [3.05, 3.63) is 58.2 Å². The normalized spacial score (nSPS) is 23.6. The van der Waals surface area contributed by atoms with Crippen LogP contribution in [-0.2, 0) is 6.67 Å². The number of nitrogens with zero attached hydrogens (tertiary/aromatic N) is 3. The molecule has 31 heavy (non-hydrogen) atoms. The third kappa shape index (κ3) is 4.29. The van der Waals surface area contributed by atoms with E-state index in [0.717, 1.165) is 18.5 Å². The van der Waals surface area contributed by atoms with Crippen LogP contribution in [0.25, 0.3) is 0 Å². The molecule has 1 aromatic carbocycles. The van der Waals surface area contributed by atoms with Gasteiger partial charge in [0.15, 0.2) is 0 Å². The van der Waals surface area contributed by atoms with Gasteiger partial charge in [-0.05, 0) is 41.9 Å². The predicted molar refractivity (Wildman–Crippen MR) is 112 cm³/mol. The largest absolute Gasteiger partial charge is 0.356 e. The zero-order chi connectivity index (χ0) is 22.1. The molecular weight excluding hydrogens is 410 g/mol. The van der Waals surface area contributed by atoms with Gasteiger partial charge in [-0.25, -0.2) is 8.78 Å². The van der Waals surface area contributed by atoms with Gasteiger partial charge in [-0.15, -0.1) is 0 Å².